The number of aliphatic hydroxyl groups is 1. The molecule has 3 aromatic heterocycles. The molecule has 6 nitrogen and oxygen atoms in total. The highest BCUT2D eigenvalue weighted by Gasteiger charge is 2.61. The maximum atomic E-state index is 13.0. The van der Waals surface area contributed by atoms with Gasteiger partial charge in [0.2, 0.25) is 5.91 Å². The summed E-state index contributed by atoms with van der Waals surface area (Å²) in [5, 5.41) is 13.9. The summed E-state index contributed by atoms with van der Waals surface area (Å²) in [6.45, 7) is 3.82. The fourth-order valence-electron chi connectivity index (χ4n) is 3.20. The molecule has 0 aliphatic heterocycles. The number of nitrogens with zero attached hydrogens (tertiary/aromatic N) is 3. The van der Waals surface area contributed by atoms with Crippen LogP contribution in [-0.2, 0) is 4.79 Å². The highest BCUT2D eigenvalue weighted by molar-refractivity contribution is 5.96. The molecule has 1 fully saturated rings. The van der Waals surface area contributed by atoms with Gasteiger partial charge in [0.25, 0.3) is 5.92 Å². The first kappa shape index (κ1) is 19.3. The minimum absolute atomic E-state index is 0.218. The Kier molecular flexibility index (Phi) is 4.74. The molecular formula is C21H20F2N4O2. The Morgan fingerprint density at radius 1 is 1.21 bits per heavy atom. The minimum atomic E-state index is -2.91. The van der Waals surface area contributed by atoms with Gasteiger partial charge in [-0.05, 0) is 37.1 Å². The molecule has 0 saturated heterocycles. The maximum Gasteiger partial charge on any atom is 0.260 e. The maximum absolute atomic E-state index is 13.0. The Morgan fingerprint density at radius 3 is 2.55 bits per heavy atom. The number of halogens is 2. The number of carbonyl (C=O) groups is 1. The number of anilines is 1. The Balaban J connectivity index is 1.58. The Hall–Kier alpha value is -3.00. The number of nitrogens with one attached hydrogen (secondary N) is 1. The van der Waals surface area contributed by atoms with Crippen LogP contribution in [-0.4, -0.2) is 31.9 Å². The van der Waals surface area contributed by atoms with Crippen LogP contribution in [0.15, 0.2) is 36.8 Å². The van der Waals surface area contributed by atoms with E-state index >= 15 is 0 Å². The zero-order valence-corrected chi connectivity index (χ0v) is 16.0. The van der Waals surface area contributed by atoms with Gasteiger partial charge < -0.3 is 10.4 Å². The van der Waals surface area contributed by atoms with Crippen molar-refractivity contribution in [1.82, 2.24) is 15.0 Å². The van der Waals surface area contributed by atoms with Crippen LogP contribution < -0.4 is 5.32 Å². The number of amides is 1. The second kappa shape index (κ2) is 7.11. The quantitative estimate of drug-likeness (QED) is 0.677. The second-order valence-electron chi connectivity index (χ2n) is 7.34. The van der Waals surface area contributed by atoms with Crippen LogP contribution in [0.25, 0.3) is 22.0 Å². The second-order valence-corrected chi connectivity index (χ2v) is 7.34. The van der Waals surface area contributed by atoms with E-state index in [2.05, 4.69) is 20.3 Å². The van der Waals surface area contributed by atoms with Crippen molar-refractivity contribution in [3.8, 4) is 11.3 Å². The van der Waals surface area contributed by atoms with Gasteiger partial charge in [0.05, 0.1) is 17.5 Å². The smallest absolute Gasteiger partial charge is 0.260 e. The third kappa shape index (κ3) is 3.80. The average Bonchev–Trinajstić information content (AvgIpc) is 3.35. The van der Waals surface area contributed by atoms with Crippen molar-refractivity contribution in [3.63, 3.8) is 0 Å². The summed E-state index contributed by atoms with van der Waals surface area (Å²) in [5.41, 5.74) is 3.11. The van der Waals surface area contributed by atoms with Crippen LogP contribution in [0.4, 0.5) is 14.6 Å². The highest BCUT2D eigenvalue weighted by Crippen LogP contribution is 2.49. The number of rotatable bonds is 5. The summed E-state index contributed by atoms with van der Waals surface area (Å²) < 4.78 is 26.0. The van der Waals surface area contributed by atoms with Gasteiger partial charge in [0, 0.05) is 41.3 Å². The lowest BCUT2D eigenvalue weighted by Gasteiger charge is -2.11. The fraction of sp³-hybridized carbons (Fsp3) is 0.333. The van der Waals surface area contributed by atoms with E-state index in [4.69, 9.17) is 0 Å². The summed E-state index contributed by atoms with van der Waals surface area (Å²) in [4.78, 5) is 24.8. The van der Waals surface area contributed by atoms with Gasteiger partial charge in [-0.2, -0.15) is 0 Å². The molecule has 0 unspecified atom stereocenters. The molecule has 2 atom stereocenters. The van der Waals surface area contributed by atoms with Gasteiger partial charge in [-0.25, -0.2) is 13.8 Å². The van der Waals surface area contributed by atoms with Crippen molar-refractivity contribution >= 4 is 22.5 Å². The largest absolute Gasteiger partial charge is 0.387 e. The van der Waals surface area contributed by atoms with E-state index in [1.54, 1.807) is 24.7 Å². The SMILES string of the molecule is CC[C@@H](O)c1cc(C)c(-c2cc3cnc(NC(=O)[C@H]4CC4(F)F)cc3cn2)cn1. The molecule has 0 aromatic carbocycles. The van der Waals surface area contributed by atoms with Gasteiger partial charge in [-0.15, -0.1) is 0 Å². The predicted molar refractivity (Wildman–Crippen MR) is 104 cm³/mol. The molecule has 29 heavy (non-hydrogen) atoms. The number of alkyl halides is 2. The third-order valence-electron chi connectivity index (χ3n) is 5.13. The molecule has 1 saturated carbocycles. The number of pyridine rings is 3. The van der Waals surface area contributed by atoms with Gasteiger partial charge in [-0.3, -0.25) is 14.8 Å². The average molecular weight is 398 g/mol. The lowest BCUT2D eigenvalue weighted by Crippen LogP contribution is -2.18. The first-order valence-electron chi connectivity index (χ1n) is 9.38. The molecule has 0 radical (unpaired) electrons. The number of hydrogen-bond donors (Lipinski definition) is 2. The van der Waals surface area contributed by atoms with Crippen molar-refractivity contribution in [3.05, 3.63) is 48.0 Å². The predicted octanol–water partition coefficient (Wildman–Crippen LogP) is 4.04. The number of aryl methyl sites for hydroxylation is 1. The third-order valence-corrected chi connectivity index (χ3v) is 5.13. The van der Waals surface area contributed by atoms with E-state index in [9.17, 15) is 18.7 Å². The van der Waals surface area contributed by atoms with Crippen molar-refractivity contribution in [1.29, 1.82) is 0 Å². The standard InChI is InChI=1S/C21H20F2N4O2/c1-3-18(28)17-4-11(2)14(10-25-17)16-5-12-9-26-19(6-13(12)8-24-16)27-20(29)15-7-21(15,22)23/h4-6,8-10,15,18,28H,3,7H2,1-2H3,(H,26,27,29)/t15-,18-/m1/s1. The number of aliphatic hydroxyl groups excluding tert-OH is 1. The van der Waals surface area contributed by atoms with Crippen molar-refractivity contribution in [2.45, 2.75) is 38.7 Å². The molecule has 0 bridgehead atoms. The zero-order chi connectivity index (χ0) is 20.8. The number of aromatic nitrogens is 3. The molecule has 8 heteroatoms. The minimum Gasteiger partial charge on any atom is -0.387 e. The van der Waals surface area contributed by atoms with E-state index in [0.717, 1.165) is 21.9 Å². The summed E-state index contributed by atoms with van der Waals surface area (Å²) in [6.07, 6.45) is 4.47. The molecule has 2 N–H and O–H groups in total. The molecule has 3 aromatic rings. The molecule has 1 amide bonds. The van der Waals surface area contributed by atoms with Crippen molar-refractivity contribution in [2.24, 2.45) is 5.92 Å². The number of hydrogen-bond acceptors (Lipinski definition) is 5. The highest BCUT2D eigenvalue weighted by atomic mass is 19.3. The van der Waals surface area contributed by atoms with Gasteiger partial charge in [0.15, 0.2) is 0 Å². The lowest BCUT2D eigenvalue weighted by molar-refractivity contribution is -0.119. The zero-order valence-electron chi connectivity index (χ0n) is 16.0. The Morgan fingerprint density at radius 2 is 1.90 bits per heavy atom. The first-order chi connectivity index (χ1) is 13.8. The molecule has 150 valence electrons. The van der Waals surface area contributed by atoms with E-state index in [1.165, 1.54) is 0 Å². The van der Waals surface area contributed by atoms with E-state index < -0.39 is 30.3 Å². The van der Waals surface area contributed by atoms with Gasteiger partial charge >= 0.3 is 0 Å². The summed E-state index contributed by atoms with van der Waals surface area (Å²) in [7, 11) is 0. The number of fused-ring (bicyclic) bond motifs is 1. The monoisotopic (exact) mass is 398 g/mol. The Labute approximate surface area is 166 Å². The number of carbonyl (C=O) groups excluding carboxylic acids is 1. The normalized spacial score (nSPS) is 18.4. The summed E-state index contributed by atoms with van der Waals surface area (Å²) in [5.74, 6) is -4.69. The van der Waals surface area contributed by atoms with Gasteiger partial charge in [-0.1, -0.05) is 6.92 Å². The van der Waals surface area contributed by atoms with Crippen LogP contribution in [0.3, 0.4) is 0 Å². The molecule has 1 aliphatic carbocycles. The van der Waals surface area contributed by atoms with Crippen molar-refractivity contribution in [2.75, 3.05) is 5.32 Å². The van der Waals surface area contributed by atoms with Crippen molar-refractivity contribution < 1.29 is 18.7 Å². The lowest BCUT2D eigenvalue weighted by atomic mass is 10.0. The van der Waals surface area contributed by atoms with Crippen LogP contribution in [0.1, 0.15) is 37.1 Å². The Bertz CT molecular complexity index is 1100. The van der Waals surface area contributed by atoms with Crippen LogP contribution >= 0.6 is 0 Å². The van der Waals surface area contributed by atoms with Crippen LogP contribution in [0.5, 0.6) is 0 Å². The van der Waals surface area contributed by atoms with Gasteiger partial charge in [0.1, 0.15) is 11.7 Å². The summed E-state index contributed by atoms with van der Waals surface area (Å²) in [6, 6.07) is 5.30. The topological polar surface area (TPSA) is 88.0 Å². The molecule has 4 rings (SSSR count). The van der Waals surface area contributed by atoms with E-state index in [0.29, 0.717) is 17.8 Å². The van der Waals surface area contributed by atoms with E-state index in [1.807, 2.05) is 26.0 Å². The molecular weight excluding hydrogens is 378 g/mol. The molecule has 0 spiro atoms. The molecule has 1 aliphatic rings. The van der Waals surface area contributed by atoms with Crippen LogP contribution in [0.2, 0.25) is 0 Å². The van der Waals surface area contributed by atoms with Crippen LogP contribution in [0, 0.1) is 12.8 Å². The summed E-state index contributed by atoms with van der Waals surface area (Å²) >= 11 is 0. The molecule has 3 heterocycles. The van der Waals surface area contributed by atoms with E-state index in [-0.39, 0.29) is 5.82 Å². The first-order valence-corrected chi connectivity index (χ1v) is 9.38. The fourth-order valence-corrected chi connectivity index (χ4v) is 3.20.